The minimum Gasteiger partial charge on any atom is -0.357 e. The summed E-state index contributed by atoms with van der Waals surface area (Å²) in [5.74, 6) is 0.837. The molecule has 0 unspecified atom stereocenters. The summed E-state index contributed by atoms with van der Waals surface area (Å²) in [6.07, 6.45) is 1.92. The lowest BCUT2D eigenvalue weighted by Gasteiger charge is -2.10. The molecular formula is C16H26IN5S2. The van der Waals surface area contributed by atoms with Crippen LogP contribution in [0.25, 0.3) is 0 Å². The van der Waals surface area contributed by atoms with E-state index in [1.165, 1.54) is 9.88 Å². The zero-order valence-electron chi connectivity index (χ0n) is 14.7. The van der Waals surface area contributed by atoms with E-state index in [4.69, 9.17) is 0 Å². The average molecular weight is 479 g/mol. The first-order valence-corrected chi connectivity index (χ1v) is 9.70. The normalized spacial score (nSPS) is 11.2. The Hall–Kier alpha value is -0.740. The summed E-state index contributed by atoms with van der Waals surface area (Å²) in [6.45, 7) is 10.6. The predicted octanol–water partition coefficient (Wildman–Crippen LogP) is 3.69. The van der Waals surface area contributed by atoms with Gasteiger partial charge in [-0.3, -0.25) is 0 Å². The van der Waals surface area contributed by atoms with Crippen LogP contribution in [-0.4, -0.2) is 29.0 Å². The van der Waals surface area contributed by atoms with Crippen LogP contribution in [0.1, 0.15) is 40.1 Å². The van der Waals surface area contributed by atoms with E-state index in [1.54, 1.807) is 22.7 Å². The lowest BCUT2D eigenvalue weighted by atomic mass is 10.3. The van der Waals surface area contributed by atoms with E-state index in [0.717, 1.165) is 48.3 Å². The molecule has 2 aromatic heterocycles. The smallest absolute Gasteiger partial charge is 0.191 e. The zero-order valence-corrected chi connectivity index (χ0v) is 18.6. The van der Waals surface area contributed by atoms with Crippen molar-refractivity contribution in [2.24, 2.45) is 4.99 Å². The summed E-state index contributed by atoms with van der Waals surface area (Å²) in [4.78, 5) is 15.0. The van der Waals surface area contributed by atoms with Gasteiger partial charge in [-0.15, -0.1) is 46.7 Å². The van der Waals surface area contributed by atoms with Crippen LogP contribution < -0.4 is 10.6 Å². The molecule has 24 heavy (non-hydrogen) atoms. The fourth-order valence-electron chi connectivity index (χ4n) is 2.03. The van der Waals surface area contributed by atoms with Crippen LogP contribution >= 0.6 is 46.7 Å². The molecule has 0 aliphatic carbocycles. The lowest BCUT2D eigenvalue weighted by molar-refractivity contribution is 0.788. The standard InChI is InChI=1S/C16H25N5S2.HI/c1-5-14-21-13(10-22-14)7-8-18-16(17-6-2)19-9-15-20-11(3)12(4)23-15;/h10H,5-9H2,1-4H3,(H2,17,18,19);1H. The maximum atomic E-state index is 4.62. The molecule has 5 nitrogen and oxygen atoms in total. The summed E-state index contributed by atoms with van der Waals surface area (Å²) in [5.41, 5.74) is 2.26. The Balaban J connectivity index is 0.00000288. The quantitative estimate of drug-likeness (QED) is 0.361. The van der Waals surface area contributed by atoms with Crippen molar-refractivity contribution >= 4 is 52.6 Å². The third-order valence-corrected chi connectivity index (χ3v) is 5.46. The van der Waals surface area contributed by atoms with Gasteiger partial charge in [-0.1, -0.05) is 6.92 Å². The van der Waals surface area contributed by atoms with Crippen molar-refractivity contribution < 1.29 is 0 Å². The van der Waals surface area contributed by atoms with Crippen molar-refractivity contribution in [1.29, 1.82) is 0 Å². The molecule has 0 aliphatic rings. The Morgan fingerprint density at radius 2 is 1.96 bits per heavy atom. The van der Waals surface area contributed by atoms with Gasteiger partial charge in [-0.2, -0.15) is 0 Å². The molecule has 134 valence electrons. The van der Waals surface area contributed by atoms with Crippen molar-refractivity contribution in [1.82, 2.24) is 20.6 Å². The first kappa shape index (κ1) is 21.3. The van der Waals surface area contributed by atoms with Crippen LogP contribution in [0.3, 0.4) is 0 Å². The topological polar surface area (TPSA) is 62.2 Å². The number of hydrogen-bond donors (Lipinski definition) is 2. The molecule has 0 fully saturated rings. The maximum absolute atomic E-state index is 4.62. The molecule has 0 saturated carbocycles. The molecule has 0 aromatic carbocycles. The van der Waals surface area contributed by atoms with Crippen molar-refractivity contribution in [3.05, 3.63) is 31.7 Å². The van der Waals surface area contributed by atoms with Crippen molar-refractivity contribution in [3.8, 4) is 0 Å². The van der Waals surface area contributed by atoms with Gasteiger partial charge in [0.25, 0.3) is 0 Å². The molecule has 8 heteroatoms. The fraction of sp³-hybridized carbons (Fsp3) is 0.562. The highest BCUT2D eigenvalue weighted by Gasteiger charge is 2.04. The van der Waals surface area contributed by atoms with E-state index < -0.39 is 0 Å². The Morgan fingerprint density at radius 3 is 2.54 bits per heavy atom. The molecule has 0 aliphatic heterocycles. The van der Waals surface area contributed by atoms with Gasteiger partial charge in [0.2, 0.25) is 0 Å². The molecule has 0 bridgehead atoms. The summed E-state index contributed by atoms with van der Waals surface area (Å²) in [6, 6.07) is 0. The van der Waals surface area contributed by atoms with Gasteiger partial charge in [-0.25, -0.2) is 15.0 Å². The lowest BCUT2D eigenvalue weighted by Crippen LogP contribution is -2.38. The van der Waals surface area contributed by atoms with Gasteiger partial charge in [0.05, 0.1) is 22.9 Å². The molecule has 2 rings (SSSR count). The predicted molar refractivity (Wildman–Crippen MR) is 115 cm³/mol. The van der Waals surface area contributed by atoms with Crippen LogP contribution in [0, 0.1) is 13.8 Å². The van der Waals surface area contributed by atoms with Crippen molar-refractivity contribution in [2.45, 2.75) is 47.1 Å². The van der Waals surface area contributed by atoms with Gasteiger partial charge in [0.1, 0.15) is 5.01 Å². The first-order chi connectivity index (χ1) is 11.1. The second-order valence-electron chi connectivity index (χ2n) is 5.21. The number of rotatable bonds is 7. The molecule has 0 amide bonds. The summed E-state index contributed by atoms with van der Waals surface area (Å²) >= 11 is 3.46. The number of hydrogen-bond acceptors (Lipinski definition) is 5. The van der Waals surface area contributed by atoms with Crippen LogP contribution in [0.15, 0.2) is 10.4 Å². The summed E-state index contributed by atoms with van der Waals surface area (Å²) in [5, 5.41) is 11.1. The van der Waals surface area contributed by atoms with Gasteiger partial charge in [-0.05, 0) is 27.2 Å². The number of thiazole rings is 2. The third-order valence-electron chi connectivity index (χ3n) is 3.36. The number of nitrogens with zero attached hydrogens (tertiary/aromatic N) is 3. The minimum atomic E-state index is 0. The second kappa shape index (κ2) is 11.0. The summed E-state index contributed by atoms with van der Waals surface area (Å²) in [7, 11) is 0. The van der Waals surface area contributed by atoms with Gasteiger partial charge in [0, 0.05) is 29.8 Å². The molecule has 0 spiro atoms. The Bertz CT molecular complexity index is 631. The largest absolute Gasteiger partial charge is 0.357 e. The van der Waals surface area contributed by atoms with Crippen molar-refractivity contribution in [2.75, 3.05) is 13.1 Å². The number of aryl methyl sites for hydroxylation is 3. The number of aromatic nitrogens is 2. The Kier molecular flexibility index (Phi) is 9.75. The third kappa shape index (κ3) is 6.64. The SMILES string of the molecule is CCNC(=NCc1nc(C)c(C)s1)NCCc1csc(CC)n1.I. The van der Waals surface area contributed by atoms with Gasteiger partial charge in [0.15, 0.2) is 5.96 Å². The van der Waals surface area contributed by atoms with E-state index in [0.29, 0.717) is 6.54 Å². The second-order valence-corrected chi connectivity index (χ2v) is 7.44. The van der Waals surface area contributed by atoms with Crippen LogP contribution in [0.4, 0.5) is 0 Å². The molecule has 2 heterocycles. The van der Waals surface area contributed by atoms with Gasteiger partial charge >= 0.3 is 0 Å². The molecule has 2 N–H and O–H groups in total. The minimum absolute atomic E-state index is 0. The van der Waals surface area contributed by atoms with Crippen LogP contribution in [0.5, 0.6) is 0 Å². The Labute approximate surface area is 169 Å². The van der Waals surface area contributed by atoms with E-state index >= 15 is 0 Å². The average Bonchev–Trinajstić information content (AvgIpc) is 3.12. The van der Waals surface area contributed by atoms with E-state index in [9.17, 15) is 0 Å². The van der Waals surface area contributed by atoms with Crippen LogP contribution in [0.2, 0.25) is 0 Å². The monoisotopic (exact) mass is 479 g/mol. The number of halogens is 1. The number of aliphatic imine (C=N–C) groups is 1. The molecular weight excluding hydrogens is 453 g/mol. The first-order valence-electron chi connectivity index (χ1n) is 8.00. The van der Waals surface area contributed by atoms with E-state index in [-0.39, 0.29) is 24.0 Å². The molecule has 0 saturated heterocycles. The van der Waals surface area contributed by atoms with E-state index in [1.807, 2.05) is 6.92 Å². The maximum Gasteiger partial charge on any atom is 0.191 e. The highest BCUT2D eigenvalue weighted by molar-refractivity contribution is 14.0. The number of nitrogens with one attached hydrogen (secondary N) is 2. The Morgan fingerprint density at radius 1 is 1.17 bits per heavy atom. The number of guanidine groups is 1. The molecule has 0 atom stereocenters. The molecule has 0 radical (unpaired) electrons. The highest BCUT2D eigenvalue weighted by atomic mass is 127. The van der Waals surface area contributed by atoms with Gasteiger partial charge < -0.3 is 10.6 Å². The van der Waals surface area contributed by atoms with Crippen molar-refractivity contribution in [3.63, 3.8) is 0 Å². The fourth-order valence-corrected chi connectivity index (χ4v) is 3.67. The highest BCUT2D eigenvalue weighted by Crippen LogP contribution is 2.16. The van der Waals surface area contributed by atoms with Crippen LogP contribution in [-0.2, 0) is 19.4 Å². The molecule has 2 aromatic rings. The zero-order chi connectivity index (χ0) is 16.7. The van der Waals surface area contributed by atoms with E-state index in [2.05, 4.69) is 51.7 Å². The summed E-state index contributed by atoms with van der Waals surface area (Å²) < 4.78 is 0.